The SMILES string of the molecule is COc1ccc(CCC(=O)N2CCCC2C(=O)O)c(O)c1. The Morgan fingerprint density at radius 1 is 1.43 bits per heavy atom. The van der Waals surface area contributed by atoms with E-state index in [1.165, 1.54) is 18.1 Å². The Morgan fingerprint density at radius 2 is 2.19 bits per heavy atom. The van der Waals surface area contributed by atoms with E-state index < -0.39 is 12.0 Å². The Kier molecular flexibility index (Phi) is 4.67. The van der Waals surface area contributed by atoms with Gasteiger partial charge in [0.05, 0.1) is 7.11 Å². The fourth-order valence-corrected chi connectivity index (χ4v) is 2.59. The summed E-state index contributed by atoms with van der Waals surface area (Å²) < 4.78 is 5.00. The molecule has 21 heavy (non-hydrogen) atoms. The quantitative estimate of drug-likeness (QED) is 0.857. The first-order valence-electron chi connectivity index (χ1n) is 6.91. The first-order chi connectivity index (χ1) is 10.0. The second-order valence-electron chi connectivity index (χ2n) is 5.08. The number of carboxylic acids is 1. The van der Waals surface area contributed by atoms with E-state index in [1.54, 1.807) is 12.1 Å². The van der Waals surface area contributed by atoms with Gasteiger partial charge in [-0.15, -0.1) is 0 Å². The van der Waals surface area contributed by atoms with Gasteiger partial charge in [0.25, 0.3) is 0 Å². The van der Waals surface area contributed by atoms with Crippen LogP contribution in [0.15, 0.2) is 18.2 Å². The van der Waals surface area contributed by atoms with Crippen molar-refractivity contribution >= 4 is 11.9 Å². The van der Waals surface area contributed by atoms with Gasteiger partial charge in [0.2, 0.25) is 5.91 Å². The molecule has 1 aliphatic rings. The van der Waals surface area contributed by atoms with Crippen molar-refractivity contribution in [3.05, 3.63) is 23.8 Å². The van der Waals surface area contributed by atoms with Crippen molar-refractivity contribution in [3.63, 3.8) is 0 Å². The number of aromatic hydroxyl groups is 1. The molecule has 6 nitrogen and oxygen atoms in total. The molecule has 1 aliphatic heterocycles. The lowest BCUT2D eigenvalue weighted by molar-refractivity contribution is -0.148. The Labute approximate surface area is 122 Å². The Balaban J connectivity index is 1.96. The number of nitrogens with zero attached hydrogens (tertiary/aromatic N) is 1. The lowest BCUT2D eigenvalue weighted by Crippen LogP contribution is -2.40. The first kappa shape index (κ1) is 15.2. The first-order valence-corrected chi connectivity index (χ1v) is 6.91. The second-order valence-corrected chi connectivity index (χ2v) is 5.08. The van der Waals surface area contributed by atoms with Crippen molar-refractivity contribution in [1.82, 2.24) is 4.90 Å². The van der Waals surface area contributed by atoms with Crippen LogP contribution in [0.2, 0.25) is 0 Å². The number of aryl methyl sites for hydroxylation is 1. The smallest absolute Gasteiger partial charge is 0.326 e. The van der Waals surface area contributed by atoms with Crippen LogP contribution in [-0.4, -0.2) is 46.7 Å². The summed E-state index contributed by atoms with van der Waals surface area (Å²) in [6.45, 7) is 0.490. The van der Waals surface area contributed by atoms with Crippen LogP contribution in [-0.2, 0) is 16.0 Å². The highest BCUT2D eigenvalue weighted by atomic mass is 16.5. The molecular formula is C15H19NO5. The lowest BCUT2D eigenvalue weighted by Gasteiger charge is -2.21. The van der Waals surface area contributed by atoms with Crippen LogP contribution in [0.4, 0.5) is 0 Å². The number of carbonyl (C=O) groups excluding carboxylic acids is 1. The molecule has 0 saturated carbocycles. The van der Waals surface area contributed by atoms with E-state index in [1.807, 2.05) is 0 Å². The van der Waals surface area contributed by atoms with E-state index in [0.29, 0.717) is 30.7 Å². The minimum absolute atomic E-state index is 0.0818. The third-order valence-corrected chi connectivity index (χ3v) is 3.76. The normalized spacial score (nSPS) is 17.8. The summed E-state index contributed by atoms with van der Waals surface area (Å²) in [5.41, 5.74) is 0.648. The zero-order chi connectivity index (χ0) is 15.4. The number of amides is 1. The topological polar surface area (TPSA) is 87.1 Å². The zero-order valence-corrected chi connectivity index (χ0v) is 11.9. The summed E-state index contributed by atoms with van der Waals surface area (Å²) >= 11 is 0. The highest BCUT2D eigenvalue weighted by Crippen LogP contribution is 2.25. The molecule has 6 heteroatoms. The van der Waals surface area contributed by atoms with Gasteiger partial charge < -0.3 is 19.8 Å². The standard InChI is InChI=1S/C15H19NO5/c1-21-11-6-4-10(13(17)9-11)5-7-14(18)16-8-2-3-12(16)15(19)20/h4,6,9,12,17H,2-3,5,7-8H2,1H3,(H,19,20). The molecule has 1 fully saturated rings. The monoisotopic (exact) mass is 293 g/mol. The maximum Gasteiger partial charge on any atom is 0.326 e. The number of rotatable bonds is 5. The van der Waals surface area contributed by atoms with Crippen molar-refractivity contribution in [1.29, 1.82) is 0 Å². The fraction of sp³-hybridized carbons (Fsp3) is 0.467. The molecule has 1 aromatic rings. The largest absolute Gasteiger partial charge is 0.508 e. The summed E-state index contributed by atoms with van der Waals surface area (Å²) in [6.07, 6.45) is 1.78. The molecule has 1 saturated heterocycles. The predicted octanol–water partition coefficient (Wildman–Crippen LogP) is 1.41. The number of phenolic OH excluding ortho intramolecular Hbond substituents is 1. The van der Waals surface area contributed by atoms with Crippen LogP contribution in [0.3, 0.4) is 0 Å². The van der Waals surface area contributed by atoms with Crippen LogP contribution < -0.4 is 4.74 Å². The molecule has 0 bridgehead atoms. The number of aliphatic carboxylic acids is 1. The molecule has 1 atom stereocenters. The van der Waals surface area contributed by atoms with Gasteiger partial charge in [-0.1, -0.05) is 6.07 Å². The minimum atomic E-state index is -0.951. The fourth-order valence-electron chi connectivity index (χ4n) is 2.59. The average molecular weight is 293 g/mol. The van der Waals surface area contributed by atoms with Gasteiger partial charge in [0.15, 0.2) is 0 Å². The zero-order valence-electron chi connectivity index (χ0n) is 11.9. The Hall–Kier alpha value is -2.24. The number of ether oxygens (including phenoxy) is 1. The van der Waals surface area contributed by atoms with Crippen molar-refractivity contribution in [2.45, 2.75) is 31.7 Å². The van der Waals surface area contributed by atoms with Crippen molar-refractivity contribution in [2.24, 2.45) is 0 Å². The highest BCUT2D eigenvalue weighted by molar-refractivity contribution is 5.84. The summed E-state index contributed by atoms with van der Waals surface area (Å²) in [5.74, 6) is -0.505. The summed E-state index contributed by atoms with van der Waals surface area (Å²) in [5, 5.41) is 18.9. The van der Waals surface area contributed by atoms with Crippen LogP contribution in [0.5, 0.6) is 11.5 Å². The van der Waals surface area contributed by atoms with Crippen LogP contribution >= 0.6 is 0 Å². The Morgan fingerprint density at radius 3 is 2.81 bits per heavy atom. The number of phenols is 1. The van der Waals surface area contributed by atoms with Gasteiger partial charge in [0, 0.05) is 19.0 Å². The molecule has 0 radical (unpaired) electrons. The molecule has 1 aromatic carbocycles. The van der Waals surface area contributed by atoms with Crippen LogP contribution in [0.25, 0.3) is 0 Å². The molecule has 0 aromatic heterocycles. The molecule has 114 valence electrons. The van der Waals surface area contributed by atoms with Gasteiger partial charge in [-0.25, -0.2) is 4.79 Å². The number of benzene rings is 1. The van der Waals surface area contributed by atoms with E-state index in [0.717, 1.165) is 6.42 Å². The van der Waals surface area contributed by atoms with E-state index in [-0.39, 0.29) is 18.1 Å². The number of carboxylic acid groups (broad SMARTS) is 1. The van der Waals surface area contributed by atoms with Gasteiger partial charge in [0.1, 0.15) is 17.5 Å². The molecule has 1 heterocycles. The molecule has 1 amide bonds. The molecule has 1 unspecified atom stereocenters. The molecular weight excluding hydrogens is 274 g/mol. The molecule has 2 rings (SSSR count). The van der Waals surface area contributed by atoms with E-state index in [4.69, 9.17) is 9.84 Å². The predicted molar refractivity (Wildman–Crippen MR) is 75.4 cm³/mol. The van der Waals surface area contributed by atoms with Crippen molar-refractivity contribution in [2.75, 3.05) is 13.7 Å². The third-order valence-electron chi connectivity index (χ3n) is 3.76. The van der Waals surface area contributed by atoms with E-state index >= 15 is 0 Å². The Bertz CT molecular complexity index is 543. The summed E-state index contributed by atoms with van der Waals surface area (Å²) in [4.78, 5) is 24.6. The van der Waals surface area contributed by atoms with E-state index in [2.05, 4.69) is 0 Å². The number of hydrogen-bond acceptors (Lipinski definition) is 4. The number of likely N-dealkylation sites (tertiary alicyclic amines) is 1. The second kappa shape index (κ2) is 6.47. The molecule has 2 N–H and O–H groups in total. The average Bonchev–Trinajstić information content (AvgIpc) is 2.95. The maximum absolute atomic E-state index is 12.1. The number of methoxy groups -OCH3 is 1. The van der Waals surface area contributed by atoms with Crippen molar-refractivity contribution in [3.8, 4) is 11.5 Å². The molecule has 0 spiro atoms. The van der Waals surface area contributed by atoms with Crippen LogP contribution in [0, 0.1) is 0 Å². The minimum Gasteiger partial charge on any atom is -0.508 e. The summed E-state index contributed by atoms with van der Waals surface area (Å²) in [7, 11) is 1.51. The maximum atomic E-state index is 12.1. The van der Waals surface area contributed by atoms with Gasteiger partial charge in [-0.2, -0.15) is 0 Å². The number of hydrogen-bond donors (Lipinski definition) is 2. The van der Waals surface area contributed by atoms with E-state index in [9.17, 15) is 14.7 Å². The lowest BCUT2D eigenvalue weighted by atomic mass is 10.1. The van der Waals surface area contributed by atoms with Gasteiger partial charge >= 0.3 is 5.97 Å². The van der Waals surface area contributed by atoms with Crippen molar-refractivity contribution < 1.29 is 24.5 Å². The third kappa shape index (κ3) is 3.45. The number of carbonyl (C=O) groups is 2. The van der Waals surface area contributed by atoms with Gasteiger partial charge in [-0.05, 0) is 30.9 Å². The van der Waals surface area contributed by atoms with Crippen LogP contribution in [0.1, 0.15) is 24.8 Å². The highest BCUT2D eigenvalue weighted by Gasteiger charge is 2.33. The molecule has 0 aliphatic carbocycles. The summed E-state index contributed by atoms with van der Waals surface area (Å²) in [6, 6.07) is 4.22. The van der Waals surface area contributed by atoms with Gasteiger partial charge in [-0.3, -0.25) is 4.79 Å².